The molecule has 0 bridgehead atoms. The first-order valence-corrected chi connectivity index (χ1v) is 13.2. The van der Waals surface area contributed by atoms with Gasteiger partial charge in [0.05, 0.1) is 17.8 Å². The van der Waals surface area contributed by atoms with Crippen LogP contribution >= 0.6 is 30.8 Å². The Hall–Kier alpha value is -1.64. The number of carbonyl (C=O) groups is 1. The van der Waals surface area contributed by atoms with E-state index in [9.17, 15) is 14.5 Å². The summed E-state index contributed by atoms with van der Waals surface area (Å²) in [6.07, 6.45) is 0.550. The highest BCUT2D eigenvalue weighted by Crippen LogP contribution is 2.37. The number of halogens is 1. The maximum absolute atomic E-state index is 13.0. The number of amides is 1. The molecule has 34 heavy (non-hydrogen) atoms. The van der Waals surface area contributed by atoms with E-state index >= 15 is 0 Å². The van der Waals surface area contributed by atoms with E-state index in [0.29, 0.717) is 41.8 Å². The van der Waals surface area contributed by atoms with Crippen molar-refractivity contribution in [1.29, 1.82) is 0 Å². The number of carbonyl (C=O) groups excluding carboxylic acids is 1. The zero-order valence-electron chi connectivity index (χ0n) is 19.1. The lowest BCUT2D eigenvalue weighted by Crippen LogP contribution is -2.55. The Morgan fingerprint density at radius 2 is 2.09 bits per heavy atom. The summed E-state index contributed by atoms with van der Waals surface area (Å²) in [5.74, 6) is -0.692. The predicted octanol–water partition coefficient (Wildman–Crippen LogP) is 1.27. The summed E-state index contributed by atoms with van der Waals surface area (Å²) in [5, 5.41) is 22.5. The first-order chi connectivity index (χ1) is 15.8. The molecule has 1 saturated heterocycles. The predicted molar refractivity (Wildman–Crippen MR) is 124 cm³/mol. The maximum atomic E-state index is 13.0. The Bertz CT molecular complexity index is 1070. The van der Waals surface area contributed by atoms with Crippen molar-refractivity contribution in [2.45, 2.75) is 58.1 Å². The fraction of sp³-hybridized carbons (Fsp3) is 0.667. The number of methoxy groups -OCH3 is 1. The van der Waals surface area contributed by atoms with E-state index in [2.05, 4.69) is 25.0 Å². The number of nitrogens with zero attached hydrogens (tertiary/aromatic N) is 5. The lowest BCUT2D eigenvalue weighted by atomic mass is 10.0. The first-order valence-electron chi connectivity index (χ1n) is 10.4. The lowest BCUT2D eigenvalue weighted by molar-refractivity contribution is 0.0532. The van der Waals surface area contributed by atoms with Crippen LogP contribution in [0.15, 0.2) is 0 Å². The van der Waals surface area contributed by atoms with Gasteiger partial charge in [-0.1, -0.05) is 29.9 Å². The quantitative estimate of drug-likeness (QED) is 0.339. The highest BCUT2D eigenvalue weighted by molar-refractivity contribution is 7.46. The molecule has 0 saturated carbocycles. The fourth-order valence-corrected chi connectivity index (χ4v) is 4.90. The number of anilines is 1. The van der Waals surface area contributed by atoms with E-state index in [1.54, 1.807) is 20.8 Å². The summed E-state index contributed by atoms with van der Waals surface area (Å²) in [7, 11) is -3.25. The molecule has 1 aliphatic rings. The van der Waals surface area contributed by atoms with Crippen LogP contribution in [0.5, 0.6) is 0 Å². The normalized spacial score (nSPS) is 19.5. The molecule has 1 fully saturated rings. The summed E-state index contributed by atoms with van der Waals surface area (Å²) >= 11 is 7.54. The summed E-state index contributed by atoms with van der Waals surface area (Å²) < 4.78 is 22.4. The number of ether oxygens (including phenoxy) is 1. The van der Waals surface area contributed by atoms with Crippen molar-refractivity contribution in [3.05, 3.63) is 21.7 Å². The third kappa shape index (κ3) is 6.32. The molecular weight excluding hydrogens is 511 g/mol. The van der Waals surface area contributed by atoms with E-state index in [0.717, 1.165) is 4.57 Å². The van der Waals surface area contributed by atoms with Crippen LogP contribution in [0.1, 0.15) is 48.5 Å². The number of phosphoric acid groups is 1. The Kier molecular flexibility index (Phi) is 8.36. The van der Waals surface area contributed by atoms with Crippen LogP contribution in [0.2, 0.25) is 5.15 Å². The number of nitrogens with one attached hydrogen (secondary N) is 1. The molecular formula is C18H28ClN6O7PS. The van der Waals surface area contributed by atoms with Gasteiger partial charge in [0.2, 0.25) is 11.0 Å². The summed E-state index contributed by atoms with van der Waals surface area (Å²) in [4.78, 5) is 37.3. The summed E-state index contributed by atoms with van der Waals surface area (Å²) in [6, 6.07) is -0.368. The molecule has 0 aromatic carbocycles. The Balaban J connectivity index is 1.73. The Morgan fingerprint density at radius 1 is 1.38 bits per heavy atom. The molecule has 3 heterocycles. The molecule has 2 atom stereocenters. The Labute approximate surface area is 205 Å². The molecule has 2 aromatic heterocycles. The van der Waals surface area contributed by atoms with Crippen LogP contribution < -0.4 is 10.2 Å². The van der Waals surface area contributed by atoms with Crippen molar-refractivity contribution in [3.8, 4) is 0 Å². The number of aromatic nitrogens is 4. The van der Waals surface area contributed by atoms with Crippen molar-refractivity contribution in [1.82, 2.24) is 25.1 Å². The molecule has 3 rings (SSSR count). The molecule has 2 aromatic rings. The molecule has 0 radical (unpaired) electrons. The number of hydrogen-bond donors (Lipinski definition) is 4. The molecule has 190 valence electrons. The third-order valence-electron chi connectivity index (χ3n) is 5.25. The van der Waals surface area contributed by atoms with Crippen molar-refractivity contribution in [2.75, 3.05) is 25.1 Å². The second-order valence-electron chi connectivity index (χ2n) is 8.24. The van der Waals surface area contributed by atoms with Crippen LogP contribution in [0.4, 0.5) is 5.13 Å². The van der Waals surface area contributed by atoms with Crippen molar-refractivity contribution < 1.29 is 33.5 Å². The average molecular weight is 539 g/mol. The van der Waals surface area contributed by atoms with Crippen molar-refractivity contribution in [2.24, 2.45) is 0 Å². The van der Waals surface area contributed by atoms with Crippen LogP contribution in [-0.2, 0) is 32.6 Å². The fourth-order valence-electron chi connectivity index (χ4n) is 3.45. The number of piperidine rings is 1. The summed E-state index contributed by atoms with van der Waals surface area (Å²) in [5.41, 5.74) is -0.689. The minimum absolute atomic E-state index is 0.0677. The van der Waals surface area contributed by atoms with Gasteiger partial charge in [0, 0.05) is 20.2 Å². The Morgan fingerprint density at radius 3 is 2.65 bits per heavy atom. The number of aryl methyl sites for hydroxylation is 1. The topological polar surface area (TPSA) is 172 Å². The molecule has 4 N–H and O–H groups in total. The SMILES string of the molecule is CCc1nc(C(=O)N[C@@H]2CCN(c3nnc(C(C)(C)O)s3)C[C@@H]2OC)n(COP(=O)(O)O)c1Cl. The number of aliphatic hydroxyl groups is 1. The monoisotopic (exact) mass is 538 g/mol. The van der Waals surface area contributed by atoms with Crippen LogP contribution in [0.25, 0.3) is 0 Å². The van der Waals surface area contributed by atoms with Crippen molar-refractivity contribution >= 4 is 41.8 Å². The van der Waals surface area contributed by atoms with Gasteiger partial charge in [0.25, 0.3) is 5.91 Å². The number of hydrogen-bond acceptors (Lipinski definition) is 10. The summed E-state index contributed by atoms with van der Waals surface area (Å²) in [6.45, 7) is 5.42. The standard InChI is InChI=1S/C18H28ClN6O7PS/c1-5-10-13(19)25(9-32-33(28,29)30)14(20-10)15(26)21-11-6-7-24(8-12(11)31-4)17-23-22-16(34-17)18(2,3)27/h11-12,27H,5-9H2,1-4H3,(H,21,26)(H2,28,29,30)/t11-,12+/m1/s1. The number of rotatable bonds is 9. The average Bonchev–Trinajstić information content (AvgIpc) is 3.37. The highest BCUT2D eigenvalue weighted by Gasteiger charge is 2.34. The molecule has 16 heteroatoms. The molecule has 0 unspecified atom stereocenters. The van der Waals surface area contributed by atoms with E-state index < -0.39 is 26.1 Å². The van der Waals surface area contributed by atoms with Crippen LogP contribution in [0.3, 0.4) is 0 Å². The van der Waals surface area contributed by atoms with Gasteiger partial charge in [0.15, 0.2) is 0 Å². The largest absolute Gasteiger partial charge is 0.471 e. The second kappa shape index (κ2) is 10.5. The minimum Gasteiger partial charge on any atom is -0.383 e. The van der Waals surface area contributed by atoms with Gasteiger partial charge in [-0.25, -0.2) is 9.55 Å². The van der Waals surface area contributed by atoms with Gasteiger partial charge in [0.1, 0.15) is 22.5 Å². The molecule has 1 amide bonds. The van der Waals surface area contributed by atoms with Crippen molar-refractivity contribution in [3.63, 3.8) is 0 Å². The van der Waals surface area contributed by atoms with Gasteiger partial charge < -0.3 is 29.8 Å². The number of imidazole rings is 1. The molecule has 0 spiro atoms. The van der Waals surface area contributed by atoms with E-state index in [-0.39, 0.29) is 23.1 Å². The van der Waals surface area contributed by atoms with Crippen LogP contribution in [-0.4, -0.2) is 72.9 Å². The van der Waals surface area contributed by atoms with Crippen LogP contribution in [0, 0.1) is 0 Å². The van der Waals surface area contributed by atoms with E-state index in [1.807, 2.05) is 4.90 Å². The zero-order chi connectivity index (χ0) is 25.3. The van der Waals surface area contributed by atoms with E-state index in [4.69, 9.17) is 26.1 Å². The minimum atomic E-state index is -4.79. The molecule has 13 nitrogen and oxygen atoms in total. The van der Waals surface area contributed by atoms with E-state index in [1.165, 1.54) is 18.4 Å². The van der Waals surface area contributed by atoms with Gasteiger partial charge in [-0.05, 0) is 26.7 Å². The second-order valence-corrected chi connectivity index (χ2v) is 10.8. The maximum Gasteiger partial charge on any atom is 0.471 e. The van der Waals surface area contributed by atoms with Gasteiger partial charge in [-0.3, -0.25) is 13.9 Å². The first kappa shape index (κ1) is 27.0. The molecule has 0 aliphatic carbocycles. The highest BCUT2D eigenvalue weighted by atomic mass is 35.5. The third-order valence-corrected chi connectivity index (χ3v) is 7.42. The number of phosphoric ester groups is 1. The smallest absolute Gasteiger partial charge is 0.383 e. The lowest BCUT2D eigenvalue weighted by Gasteiger charge is -2.37. The van der Waals surface area contributed by atoms with Gasteiger partial charge in [-0.15, -0.1) is 10.2 Å². The molecule has 1 aliphatic heterocycles. The zero-order valence-corrected chi connectivity index (χ0v) is 21.6. The van der Waals surface area contributed by atoms with Gasteiger partial charge >= 0.3 is 7.82 Å². The van der Waals surface area contributed by atoms with Gasteiger partial charge in [-0.2, -0.15) is 0 Å².